The van der Waals surface area contributed by atoms with Crippen LogP contribution in [-0.4, -0.2) is 62.3 Å². The fourth-order valence-corrected chi connectivity index (χ4v) is 3.32. The first-order valence-electron chi connectivity index (χ1n) is 8.37. The van der Waals surface area contributed by atoms with Gasteiger partial charge in [0.2, 0.25) is 0 Å². The van der Waals surface area contributed by atoms with Crippen LogP contribution in [0.1, 0.15) is 18.9 Å². The average Bonchev–Trinajstić information content (AvgIpc) is 2.55. The molecule has 0 bridgehead atoms. The average molecular weight is 319 g/mol. The SMILES string of the molecule is COCCNC(=O)N(C)[C@@H]1CCN(Cc2ccccc2)C[C@H]1C. The molecule has 1 aromatic rings. The van der Waals surface area contributed by atoms with Crippen molar-refractivity contribution < 1.29 is 9.53 Å². The van der Waals surface area contributed by atoms with Crippen LogP contribution in [0.15, 0.2) is 30.3 Å². The van der Waals surface area contributed by atoms with Crippen LogP contribution in [0, 0.1) is 5.92 Å². The van der Waals surface area contributed by atoms with Crippen LogP contribution < -0.4 is 5.32 Å². The van der Waals surface area contributed by atoms with Gasteiger partial charge in [-0.2, -0.15) is 0 Å². The van der Waals surface area contributed by atoms with Gasteiger partial charge in [-0.05, 0) is 17.9 Å². The zero-order chi connectivity index (χ0) is 16.7. The van der Waals surface area contributed by atoms with Gasteiger partial charge in [0.1, 0.15) is 0 Å². The van der Waals surface area contributed by atoms with E-state index in [0.717, 1.165) is 26.1 Å². The molecule has 5 heteroatoms. The Hall–Kier alpha value is -1.59. The molecule has 0 radical (unpaired) electrons. The molecule has 0 spiro atoms. The van der Waals surface area contributed by atoms with Gasteiger partial charge in [-0.25, -0.2) is 4.79 Å². The number of benzene rings is 1. The summed E-state index contributed by atoms with van der Waals surface area (Å²) in [5.41, 5.74) is 1.35. The van der Waals surface area contributed by atoms with Gasteiger partial charge in [-0.1, -0.05) is 37.3 Å². The number of amides is 2. The van der Waals surface area contributed by atoms with E-state index in [0.29, 0.717) is 25.1 Å². The van der Waals surface area contributed by atoms with Crippen molar-refractivity contribution in [2.24, 2.45) is 5.92 Å². The van der Waals surface area contributed by atoms with Crippen molar-refractivity contribution in [3.05, 3.63) is 35.9 Å². The summed E-state index contributed by atoms with van der Waals surface area (Å²) < 4.78 is 4.97. The largest absolute Gasteiger partial charge is 0.383 e. The number of methoxy groups -OCH3 is 1. The Balaban J connectivity index is 1.82. The minimum atomic E-state index is -0.00425. The molecule has 1 aromatic carbocycles. The number of urea groups is 1. The van der Waals surface area contributed by atoms with E-state index in [-0.39, 0.29) is 6.03 Å². The summed E-state index contributed by atoms with van der Waals surface area (Å²) >= 11 is 0. The standard InChI is InChI=1S/C18H29N3O2/c1-15-13-21(14-16-7-5-4-6-8-16)11-9-17(15)20(2)18(22)19-10-12-23-3/h4-8,15,17H,9-14H2,1-3H3,(H,19,22)/t15-,17-/m1/s1. The van der Waals surface area contributed by atoms with Gasteiger partial charge >= 0.3 is 6.03 Å². The highest BCUT2D eigenvalue weighted by Gasteiger charge is 2.30. The fourth-order valence-electron chi connectivity index (χ4n) is 3.32. The van der Waals surface area contributed by atoms with Crippen LogP contribution in [0.25, 0.3) is 0 Å². The van der Waals surface area contributed by atoms with E-state index >= 15 is 0 Å². The molecule has 1 aliphatic rings. The van der Waals surface area contributed by atoms with Crippen LogP contribution in [0.5, 0.6) is 0 Å². The summed E-state index contributed by atoms with van der Waals surface area (Å²) in [6.45, 7) is 6.38. The fraction of sp³-hybridized carbons (Fsp3) is 0.611. The van der Waals surface area contributed by atoms with Gasteiger partial charge in [0, 0.05) is 46.4 Å². The molecule has 2 atom stereocenters. The maximum absolute atomic E-state index is 12.2. The summed E-state index contributed by atoms with van der Waals surface area (Å²) in [6, 6.07) is 10.9. The second-order valence-corrected chi connectivity index (χ2v) is 6.39. The molecule has 2 amide bonds. The van der Waals surface area contributed by atoms with Crippen molar-refractivity contribution in [1.82, 2.24) is 15.1 Å². The van der Waals surface area contributed by atoms with Crippen LogP contribution in [0.3, 0.4) is 0 Å². The third kappa shape index (κ3) is 5.22. The zero-order valence-corrected chi connectivity index (χ0v) is 14.5. The minimum absolute atomic E-state index is 0.00425. The van der Waals surface area contributed by atoms with Crippen LogP contribution in [-0.2, 0) is 11.3 Å². The topological polar surface area (TPSA) is 44.8 Å². The quantitative estimate of drug-likeness (QED) is 0.818. The van der Waals surface area contributed by atoms with Crippen molar-refractivity contribution in [1.29, 1.82) is 0 Å². The maximum atomic E-state index is 12.2. The van der Waals surface area contributed by atoms with Crippen LogP contribution in [0.4, 0.5) is 4.79 Å². The first-order chi connectivity index (χ1) is 11.1. The number of nitrogens with zero attached hydrogens (tertiary/aromatic N) is 2. The number of likely N-dealkylation sites (tertiary alicyclic amines) is 1. The number of rotatable bonds is 6. The van der Waals surface area contributed by atoms with Crippen molar-refractivity contribution >= 4 is 6.03 Å². The molecule has 0 aliphatic carbocycles. The normalized spacial score (nSPS) is 21.9. The maximum Gasteiger partial charge on any atom is 0.317 e. The Labute approximate surface area is 139 Å². The van der Waals surface area contributed by atoms with E-state index in [9.17, 15) is 4.79 Å². The summed E-state index contributed by atoms with van der Waals surface area (Å²) in [5, 5.41) is 2.90. The second kappa shape index (κ2) is 8.89. The van der Waals surface area contributed by atoms with E-state index in [1.54, 1.807) is 7.11 Å². The molecular formula is C18H29N3O2. The van der Waals surface area contributed by atoms with Gasteiger partial charge in [0.25, 0.3) is 0 Å². The first-order valence-corrected chi connectivity index (χ1v) is 8.37. The van der Waals surface area contributed by atoms with Gasteiger partial charge in [-0.3, -0.25) is 4.90 Å². The van der Waals surface area contributed by atoms with E-state index in [4.69, 9.17) is 4.74 Å². The highest BCUT2D eigenvalue weighted by atomic mass is 16.5. The molecule has 1 heterocycles. The molecular weight excluding hydrogens is 290 g/mol. The van der Waals surface area contributed by atoms with Crippen LogP contribution in [0.2, 0.25) is 0 Å². The molecule has 1 aliphatic heterocycles. The monoisotopic (exact) mass is 319 g/mol. The van der Waals surface area contributed by atoms with E-state index in [1.807, 2.05) is 11.9 Å². The van der Waals surface area contributed by atoms with Gasteiger partial charge in [-0.15, -0.1) is 0 Å². The highest BCUT2D eigenvalue weighted by molar-refractivity contribution is 5.74. The van der Waals surface area contributed by atoms with Crippen molar-refractivity contribution in [3.63, 3.8) is 0 Å². The van der Waals surface area contributed by atoms with Gasteiger partial charge in [0.15, 0.2) is 0 Å². The molecule has 1 fully saturated rings. The van der Waals surface area contributed by atoms with Crippen molar-refractivity contribution in [2.45, 2.75) is 25.9 Å². The predicted octanol–water partition coefficient (Wildman–Crippen LogP) is 2.18. The number of carbonyl (C=O) groups is 1. The van der Waals surface area contributed by atoms with E-state index < -0.39 is 0 Å². The van der Waals surface area contributed by atoms with E-state index in [1.165, 1.54) is 5.56 Å². The molecule has 1 saturated heterocycles. The number of hydrogen-bond donors (Lipinski definition) is 1. The molecule has 0 saturated carbocycles. The Bertz CT molecular complexity index is 480. The van der Waals surface area contributed by atoms with Crippen LogP contribution >= 0.6 is 0 Å². The molecule has 2 rings (SSSR count). The first kappa shape index (κ1) is 17.8. The smallest absolute Gasteiger partial charge is 0.317 e. The Kier molecular flexibility index (Phi) is 6.86. The third-order valence-electron chi connectivity index (χ3n) is 4.59. The van der Waals surface area contributed by atoms with Crippen molar-refractivity contribution in [3.8, 4) is 0 Å². The lowest BCUT2D eigenvalue weighted by Gasteiger charge is -2.41. The molecule has 128 valence electrons. The lowest BCUT2D eigenvalue weighted by atomic mass is 9.92. The molecule has 1 N–H and O–H groups in total. The number of carbonyl (C=O) groups excluding carboxylic acids is 1. The lowest BCUT2D eigenvalue weighted by molar-refractivity contribution is 0.0883. The molecule has 23 heavy (non-hydrogen) atoms. The molecule has 0 aromatic heterocycles. The lowest BCUT2D eigenvalue weighted by Crippen LogP contribution is -2.53. The minimum Gasteiger partial charge on any atom is -0.383 e. The number of hydrogen-bond acceptors (Lipinski definition) is 3. The van der Waals surface area contributed by atoms with Gasteiger partial charge < -0.3 is 15.0 Å². The van der Waals surface area contributed by atoms with Crippen molar-refractivity contribution in [2.75, 3.05) is 40.4 Å². The van der Waals surface area contributed by atoms with E-state index in [2.05, 4.69) is 47.5 Å². The molecule has 5 nitrogen and oxygen atoms in total. The Morgan fingerprint density at radius 3 is 2.78 bits per heavy atom. The number of piperidine rings is 1. The predicted molar refractivity (Wildman–Crippen MR) is 92.3 cm³/mol. The second-order valence-electron chi connectivity index (χ2n) is 6.39. The number of nitrogens with one attached hydrogen (secondary N) is 1. The van der Waals surface area contributed by atoms with Gasteiger partial charge in [0.05, 0.1) is 6.61 Å². The Morgan fingerprint density at radius 1 is 1.39 bits per heavy atom. The molecule has 0 unspecified atom stereocenters. The summed E-state index contributed by atoms with van der Waals surface area (Å²) in [7, 11) is 3.54. The zero-order valence-electron chi connectivity index (χ0n) is 14.5. The summed E-state index contributed by atoms with van der Waals surface area (Å²) in [4.78, 5) is 16.5. The Morgan fingerprint density at radius 2 is 2.13 bits per heavy atom. The number of ether oxygens (including phenoxy) is 1. The summed E-state index contributed by atoms with van der Waals surface area (Å²) in [5.74, 6) is 0.464. The third-order valence-corrected chi connectivity index (χ3v) is 4.59. The highest BCUT2D eigenvalue weighted by Crippen LogP contribution is 2.22. The summed E-state index contributed by atoms with van der Waals surface area (Å²) in [6.07, 6.45) is 1.02.